The molecule has 0 bridgehead atoms. The molecule has 0 spiro atoms. The first-order valence-corrected chi connectivity index (χ1v) is 6.48. The van der Waals surface area contributed by atoms with E-state index in [2.05, 4.69) is 13.2 Å². The highest BCUT2D eigenvalue weighted by Crippen LogP contribution is 2.16. The maximum absolute atomic E-state index is 12.1. The predicted molar refractivity (Wildman–Crippen MR) is 73.2 cm³/mol. The van der Waals surface area contributed by atoms with Gasteiger partial charge in [-0.3, -0.25) is 9.69 Å². The summed E-state index contributed by atoms with van der Waals surface area (Å²) in [5.74, 6) is 0.394. The lowest BCUT2D eigenvalue weighted by Gasteiger charge is -2.34. The van der Waals surface area contributed by atoms with Crippen LogP contribution in [0.4, 0.5) is 0 Å². The van der Waals surface area contributed by atoms with Gasteiger partial charge in [0.25, 0.3) is 0 Å². The Balaban J connectivity index is 2.47. The second-order valence-electron chi connectivity index (χ2n) is 4.94. The molecule has 18 heavy (non-hydrogen) atoms. The Morgan fingerprint density at radius 1 is 1.44 bits per heavy atom. The Morgan fingerprint density at radius 3 is 2.56 bits per heavy atom. The van der Waals surface area contributed by atoms with Crippen LogP contribution < -0.4 is 0 Å². The molecule has 4 heteroatoms. The number of piperidine rings is 1. The monoisotopic (exact) mass is 252 g/mol. The average Bonchev–Trinajstić information content (AvgIpc) is 2.33. The highest BCUT2D eigenvalue weighted by molar-refractivity contribution is 5.78. The van der Waals surface area contributed by atoms with E-state index in [1.807, 2.05) is 11.8 Å². The topological polar surface area (TPSA) is 43.8 Å². The number of carbonyl (C=O) groups excluding carboxylic acids is 1. The molecule has 0 aliphatic carbocycles. The van der Waals surface area contributed by atoms with Crippen LogP contribution in [0.1, 0.15) is 13.3 Å². The third-order valence-corrected chi connectivity index (χ3v) is 3.41. The standard InChI is InChI=1S/C14H24N2O2/c1-4-7-16(8-5-2)14(18)11-15-9-6-12(3)13(17)10-15/h4-5,12-13,17H,1-2,6-11H2,3H3. The SMILES string of the molecule is C=CCN(CC=C)C(=O)CN1CCC(C)C(O)C1. The minimum absolute atomic E-state index is 0.0663. The fourth-order valence-corrected chi connectivity index (χ4v) is 2.14. The van der Waals surface area contributed by atoms with E-state index in [-0.39, 0.29) is 12.0 Å². The van der Waals surface area contributed by atoms with E-state index < -0.39 is 0 Å². The summed E-state index contributed by atoms with van der Waals surface area (Å²) in [6.45, 7) is 12.3. The van der Waals surface area contributed by atoms with Gasteiger partial charge in [-0.2, -0.15) is 0 Å². The number of rotatable bonds is 6. The molecule has 4 nitrogen and oxygen atoms in total. The van der Waals surface area contributed by atoms with Crippen molar-refractivity contribution in [3.8, 4) is 0 Å². The molecule has 0 aromatic rings. The molecular formula is C14H24N2O2. The number of carbonyl (C=O) groups is 1. The maximum Gasteiger partial charge on any atom is 0.237 e. The second-order valence-corrected chi connectivity index (χ2v) is 4.94. The average molecular weight is 252 g/mol. The zero-order valence-corrected chi connectivity index (χ0v) is 11.2. The molecule has 1 rings (SSSR count). The maximum atomic E-state index is 12.1. The van der Waals surface area contributed by atoms with Gasteiger partial charge in [-0.25, -0.2) is 0 Å². The number of nitrogens with zero attached hydrogens (tertiary/aromatic N) is 2. The van der Waals surface area contributed by atoms with Gasteiger partial charge in [0.15, 0.2) is 0 Å². The van der Waals surface area contributed by atoms with E-state index in [0.29, 0.717) is 32.1 Å². The van der Waals surface area contributed by atoms with Crippen LogP contribution in [-0.4, -0.2) is 59.6 Å². The van der Waals surface area contributed by atoms with Crippen molar-refractivity contribution in [2.45, 2.75) is 19.4 Å². The van der Waals surface area contributed by atoms with Crippen molar-refractivity contribution in [3.63, 3.8) is 0 Å². The minimum atomic E-state index is -0.321. The number of aliphatic hydroxyl groups is 1. The van der Waals surface area contributed by atoms with Crippen LogP contribution in [0.15, 0.2) is 25.3 Å². The van der Waals surface area contributed by atoms with E-state index in [1.54, 1.807) is 17.1 Å². The predicted octanol–water partition coefficient (Wildman–Crippen LogP) is 0.890. The summed E-state index contributed by atoms with van der Waals surface area (Å²) in [6, 6.07) is 0. The number of β-amino-alcohol motifs (C(OH)–C–C–N with tert-alkyl or cyclic N) is 1. The van der Waals surface area contributed by atoms with Crippen LogP contribution in [0.3, 0.4) is 0 Å². The van der Waals surface area contributed by atoms with E-state index in [9.17, 15) is 9.90 Å². The fraction of sp³-hybridized carbons (Fsp3) is 0.643. The van der Waals surface area contributed by atoms with Crippen molar-refractivity contribution in [3.05, 3.63) is 25.3 Å². The van der Waals surface area contributed by atoms with E-state index >= 15 is 0 Å². The smallest absolute Gasteiger partial charge is 0.237 e. The molecule has 2 unspecified atom stereocenters. The molecule has 0 saturated carbocycles. The number of hydrogen-bond acceptors (Lipinski definition) is 3. The third-order valence-electron chi connectivity index (χ3n) is 3.41. The quantitative estimate of drug-likeness (QED) is 0.714. The van der Waals surface area contributed by atoms with Gasteiger partial charge in [-0.15, -0.1) is 13.2 Å². The third kappa shape index (κ3) is 4.27. The number of amides is 1. The first-order chi connectivity index (χ1) is 8.58. The summed E-state index contributed by atoms with van der Waals surface area (Å²) in [5, 5.41) is 9.81. The molecule has 1 fully saturated rings. The molecule has 102 valence electrons. The molecule has 1 heterocycles. The van der Waals surface area contributed by atoms with E-state index in [0.717, 1.165) is 13.0 Å². The number of aliphatic hydroxyl groups excluding tert-OH is 1. The summed E-state index contributed by atoms with van der Waals surface area (Å²) in [7, 11) is 0. The van der Waals surface area contributed by atoms with Gasteiger partial charge in [-0.05, 0) is 18.9 Å². The van der Waals surface area contributed by atoms with Crippen molar-refractivity contribution in [1.29, 1.82) is 0 Å². The molecule has 1 N–H and O–H groups in total. The van der Waals surface area contributed by atoms with Gasteiger partial charge in [0.1, 0.15) is 0 Å². The highest BCUT2D eigenvalue weighted by atomic mass is 16.3. The van der Waals surface area contributed by atoms with Crippen LogP contribution in [0.5, 0.6) is 0 Å². The van der Waals surface area contributed by atoms with Crippen LogP contribution in [0.25, 0.3) is 0 Å². The van der Waals surface area contributed by atoms with Gasteiger partial charge in [0, 0.05) is 19.6 Å². The summed E-state index contributed by atoms with van der Waals surface area (Å²) < 4.78 is 0. The van der Waals surface area contributed by atoms with Gasteiger partial charge in [0.2, 0.25) is 5.91 Å². The van der Waals surface area contributed by atoms with Crippen molar-refractivity contribution < 1.29 is 9.90 Å². The number of hydrogen-bond donors (Lipinski definition) is 1. The lowest BCUT2D eigenvalue weighted by Crippen LogP contribution is -2.48. The Bertz CT molecular complexity index is 294. The summed E-state index contributed by atoms with van der Waals surface area (Å²) in [5.41, 5.74) is 0. The van der Waals surface area contributed by atoms with Gasteiger partial charge >= 0.3 is 0 Å². The summed E-state index contributed by atoms with van der Waals surface area (Å²) in [4.78, 5) is 15.8. The van der Waals surface area contributed by atoms with Crippen molar-refractivity contribution >= 4 is 5.91 Å². The molecule has 0 aromatic carbocycles. The number of likely N-dealkylation sites (tertiary alicyclic amines) is 1. The minimum Gasteiger partial charge on any atom is -0.392 e. The molecule has 1 amide bonds. The lowest BCUT2D eigenvalue weighted by molar-refractivity contribution is -0.132. The van der Waals surface area contributed by atoms with Crippen LogP contribution in [0.2, 0.25) is 0 Å². The van der Waals surface area contributed by atoms with Crippen molar-refractivity contribution in [2.24, 2.45) is 5.92 Å². The molecule has 0 radical (unpaired) electrons. The normalized spacial score (nSPS) is 24.6. The van der Waals surface area contributed by atoms with Crippen LogP contribution >= 0.6 is 0 Å². The Kier molecular flexibility index (Phi) is 6.09. The van der Waals surface area contributed by atoms with Crippen LogP contribution in [0, 0.1) is 5.92 Å². The van der Waals surface area contributed by atoms with E-state index in [4.69, 9.17) is 0 Å². The summed E-state index contributed by atoms with van der Waals surface area (Å²) >= 11 is 0. The highest BCUT2D eigenvalue weighted by Gasteiger charge is 2.26. The fourth-order valence-electron chi connectivity index (χ4n) is 2.14. The Morgan fingerprint density at radius 2 is 2.06 bits per heavy atom. The molecule has 1 saturated heterocycles. The van der Waals surface area contributed by atoms with Crippen LogP contribution in [-0.2, 0) is 4.79 Å². The first kappa shape index (κ1) is 14.9. The molecular weight excluding hydrogens is 228 g/mol. The van der Waals surface area contributed by atoms with Gasteiger partial charge in [-0.1, -0.05) is 19.1 Å². The second kappa shape index (κ2) is 7.34. The molecule has 1 aliphatic rings. The lowest BCUT2D eigenvalue weighted by atomic mass is 9.96. The Hall–Kier alpha value is -1.13. The Labute approximate surface area is 110 Å². The zero-order chi connectivity index (χ0) is 13.5. The van der Waals surface area contributed by atoms with Gasteiger partial charge in [0.05, 0.1) is 12.6 Å². The molecule has 2 atom stereocenters. The zero-order valence-electron chi connectivity index (χ0n) is 11.2. The van der Waals surface area contributed by atoms with E-state index in [1.165, 1.54) is 0 Å². The largest absolute Gasteiger partial charge is 0.392 e. The summed E-state index contributed by atoms with van der Waals surface area (Å²) in [6.07, 6.45) is 4.05. The van der Waals surface area contributed by atoms with Crippen molar-refractivity contribution in [2.75, 3.05) is 32.7 Å². The first-order valence-electron chi connectivity index (χ1n) is 6.48. The molecule has 0 aromatic heterocycles. The van der Waals surface area contributed by atoms with Gasteiger partial charge < -0.3 is 10.0 Å². The molecule has 1 aliphatic heterocycles. The van der Waals surface area contributed by atoms with Crippen molar-refractivity contribution in [1.82, 2.24) is 9.80 Å².